The highest BCUT2D eigenvalue weighted by atomic mass is 35.5. The van der Waals surface area contributed by atoms with Gasteiger partial charge in [-0.1, -0.05) is 23.7 Å². The van der Waals surface area contributed by atoms with E-state index < -0.39 is 5.91 Å². The molecule has 0 aliphatic carbocycles. The Labute approximate surface area is 93.3 Å². The number of nitrogens with one attached hydrogen (secondary N) is 1. The Morgan fingerprint density at radius 3 is 2.93 bits per heavy atom. The lowest BCUT2D eigenvalue weighted by Gasteiger charge is -2.05. The average molecular weight is 229 g/mol. The van der Waals surface area contributed by atoms with Crippen molar-refractivity contribution in [3.05, 3.63) is 34.3 Å². The lowest BCUT2D eigenvalue weighted by molar-refractivity contribution is -0.125. The van der Waals surface area contributed by atoms with Crippen LogP contribution in [0.5, 0.6) is 0 Å². The van der Waals surface area contributed by atoms with Crippen LogP contribution in [0.4, 0.5) is 0 Å². The van der Waals surface area contributed by atoms with Crippen LogP contribution in [0.3, 0.4) is 0 Å². The van der Waals surface area contributed by atoms with E-state index in [0.717, 1.165) is 11.1 Å². The Balaban J connectivity index is 2.38. The number of halogens is 1. The largest absolute Gasteiger partial charge is 0.368 e. The number of rotatable bonds is 5. The molecule has 0 atom stereocenters. The topological polar surface area (TPSA) is 64.3 Å². The third kappa shape index (κ3) is 4.29. The van der Waals surface area contributed by atoms with Crippen LogP contribution in [0.25, 0.3) is 0 Å². The molecular weight excluding hydrogens is 216 g/mol. The molecule has 3 N–H and O–H groups in total. The molecule has 5 heteroatoms. The molecular formula is C10H13ClN2O2. The number of carbonyl (C=O) groups excluding carboxylic acids is 1. The molecule has 0 radical (unpaired) electrons. The van der Waals surface area contributed by atoms with E-state index in [1.165, 1.54) is 0 Å². The first kappa shape index (κ1) is 12.0. The molecule has 1 rings (SSSR count). The summed E-state index contributed by atoms with van der Waals surface area (Å²) in [6.45, 7) is 2.27. The van der Waals surface area contributed by atoms with Crippen molar-refractivity contribution in [1.82, 2.24) is 5.48 Å². The maximum absolute atomic E-state index is 10.3. The van der Waals surface area contributed by atoms with Gasteiger partial charge >= 0.3 is 0 Å². The van der Waals surface area contributed by atoms with E-state index in [1.54, 1.807) is 0 Å². The number of hydroxylamine groups is 1. The maximum atomic E-state index is 10.3. The van der Waals surface area contributed by atoms with Gasteiger partial charge in [-0.2, -0.15) is 5.48 Å². The number of primary amides is 1. The molecule has 0 aromatic heterocycles. The Bertz CT molecular complexity index is 355. The van der Waals surface area contributed by atoms with Crippen molar-refractivity contribution in [1.29, 1.82) is 0 Å². The van der Waals surface area contributed by atoms with Crippen molar-refractivity contribution in [2.45, 2.75) is 13.5 Å². The third-order valence-electron chi connectivity index (χ3n) is 1.83. The second-order valence-corrected chi connectivity index (χ2v) is 3.57. The predicted octanol–water partition coefficient (Wildman–Crippen LogP) is 1.15. The van der Waals surface area contributed by atoms with E-state index in [1.807, 2.05) is 25.1 Å². The van der Waals surface area contributed by atoms with Crippen molar-refractivity contribution in [3.63, 3.8) is 0 Å². The second kappa shape index (κ2) is 5.70. The average Bonchev–Trinajstić information content (AvgIpc) is 2.18. The highest BCUT2D eigenvalue weighted by Gasteiger charge is 1.98. The minimum Gasteiger partial charge on any atom is -0.368 e. The Morgan fingerprint density at radius 2 is 2.33 bits per heavy atom. The first-order valence-corrected chi connectivity index (χ1v) is 4.85. The molecule has 0 aliphatic heterocycles. The summed E-state index contributed by atoms with van der Waals surface area (Å²) in [5.41, 5.74) is 9.52. The molecule has 0 fully saturated rings. The smallest absolute Gasteiger partial charge is 0.245 e. The summed E-state index contributed by atoms with van der Waals surface area (Å²) in [5.74, 6) is -0.510. The molecule has 0 saturated carbocycles. The van der Waals surface area contributed by atoms with Gasteiger partial charge in [-0.25, -0.2) is 0 Å². The normalized spacial score (nSPS) is 10.3. The number of aryl methyl sites for hydroxylation is 1. The molecule has 0 heterocycles. The lowest BCUT2D eigenvalue weighted by Crippen LogP contribution is -2.24. The summed E-state index contributed by atoms with van der Waals surface area (Å²) >= 11 is 5.93. The highest BCUT2D eigenvalue weighted by molar-refractivity contribution is 6.31. The SMILES string of the molecule is Cc1ccc(CNOCC(N)=O)cc1Cl. The van der Waals surface area contributed by atoms with E-state index in [0.29, 0.717) is 11.6 Å². The van der Waals surface area contributed by atoms with Crippen molar-refractivity contribution >= 4 is 17.5 Å². The van der Waals surface area contributed by atoms with Gasteiger partial charge < -0.3 is 5.73 Å². The molecule has 0 aliphatic rings. The first-order valence-electron chi connectivity index (χ1n) is 4.47. The quantitative estimate of drug-likeness (QED) is 0.587. The zero-order valence-corrected chi connectivity index (χ0v) is 9.17. The molecule has 0 saturated heterocycles. The van der Waals surface area contributed by atoms with Gasteiger partial charge in [0.15, 0.2) is 0 Å². The van der Waals surface area contributed by atoms with Gasteiger partial charge in [0.05, 0.1) is 0 Å². The van der Waals surface area contributed by atoms with Crippen molar-refractivity contribution < 1.29 is 9.63 Å². The van der Waals surface area contributed by atoms with Gasteiger partial charge in [-0.15, -0.1) is 0 Å². The minimum atomic E-state index is -0.510. The van der Waals surface area contributed by atoms with Crippen molar-refractivity contribution in [3.8, 4) is 0 Å². The molecule has 4 nitrogen and oxygen atoms in total. The van der Waals surface area contributed by atoms with Crippen LogP contribution in [0.2, 0.25) is 5.02 Å². The van der Waals surface area contributed by atoms with Gasteiger partial charge in [-0.05, 0) is 24.1 Å². The van der Waals surface area contributed by atoms with Crippen LogP contribution in [0.15, 0.2) is 18.2 Å². The Morgan fingerprint density at radius 1 is 1.60 bits per heavy atom. The Kier molecular flexibility index (Phi) is 4.55. The van der Waals surface area contributed by atoms with E-state index in [2.05, 4.69) is 5.48 Å². The van der Waals surface area contributed by atoms with Crippen LogP contribution >= 0.6 is 11.6 Å². The standard InChI is InChI=1S/C10H13ClN2O2/c1-7-2-3-8(4-9(7)11)5-13-15-6-10(12)14/h2-4,13H,5-6H2,1H3,(H2,12,14). The molecule has 0 bridgehead atoms. The van der Waals surface area contributed by atoms with Gasteiger partial charge in [0.2, 0.25) is 5.91 Å². The van der Waals surface area contributed by atoms with Gasteiger partial charge in [0, 0.05) is 11.6 Å². The van der Waals surface area contributed by atoms with Crippen LogP contribution in [0.1, 0.15) is 11.1 Å². The van der Waals surface area contributed by atoms with E-state index in [-0.39, 0.29) is 6.61 Å². The number of benzene rings is 1. The third-order valence-corrected chi connectivity index (χ3v) is 2.24. The van der Waals surface area contributed by atoms with Crippen LogP contribution in [-0.4, -0.2) is 12.5 Å². The molecule has 1 aromatic rings. The number of hydrogen-bond donors (Lipinski definition) is 2. The zero-order chi connectivity index (χ0) is 11.3. The maximum Gasteiger partial charge on any atom is 0.245 e. The van der Waals surface area contributed by atoms with E-state index in [4.69, 9.17) is 22.2 Å². The fourth-order valence-corrected chi connectivity index (χ4v) is 1.21. The van der Waals surface area contributed by atoms with Crippen molar-refractivity contribution in [2.75, 3.05) is 6.61 Å². The van der Waals surface area contributed by atoms with Gasteiger partial charge in [0.25, 0.3) is 0 Å². The molecule has 0 unspecified atom stereocenters. The molecule has 15 heavy (non-hydrogen) atoms. The molecule has 1 amide bonds. The minimum absolute atomic E-state index is 0.139. The Hall–Kier alpha value is -1.10. The fourth-order valence-electron chi connectivity index (χ4n) is 1.00. The number of amides is 1. The molecule has 1 aromatic carbocycles. The molecule has 0 spiro atoms. The summed E-state index contributed by atoms with van der Waals surface area (Å²) in [4.78, 5) is 15.1. The first-order chi connectivity index (χ1) is 7.09. The fraction of sp³-hybridized carbons (Fsp3) is 0.300. The number of hydrogen-bond acceptors (Lipinski definition) is 3. The van der Waals surface area contributed by atoms with E-state index >= 15 is 0 Å². The van der Waals surface area contributed by atoms with Gasteiger partial charge in [0.1, 0.15) is 6.61 Å². The van der Waals surface area contributed by atoms with Crippen LogP contribution < -0.4 is 11.2 Å². The van der Waals surface area contributed by atoms with Gasteiger partial charge in [-0.3, -0.25) is 9.63 Å². The summed E-state index contributed by atoms with van der Waals surface area (Å²) in [5, 5.41) is 0.712. The van der Waals surface area contributed by atoms with E-state index in [9.17, 15) is 4.79 Å². The number of nitrogens with two attached hydrogens (primary N) is 1. The van der Waals surface area contributed by atoms with Crippen LogP contribution in [-0.2, 0) is 16.2 Å². The lowest BCUT2D eigenvalue weighted by atomic mass is 10.1. The zero-order valence-electron chi connectivity index (χ0n) is 8.42. The monoisotopic (exact) mass is 228 g/mol. The summed E-state index contributed by atoms with van der Waals surface area (Å²) in [7, 11) is 0. The summed E-state index contributed by atoms with van der Waals surface area (Å²) in [6.07, 6.45) is 0. The second-order valence-electron chi connectivity index (χ2n) is 3.16. The summed E-state index contributed by atoms with van der Waals surface area (Å²) in [6, 6.07) is 5.70. The molecule has 82 valence electrons. The summed E-state index contributed by atoms with van der Waals surface area (Å²) < 4.78 is 0. The van der Waals surface area contributed by atoms with Crippen LogP contribution in [0, 0.1) is 6.92 Å². The highest BCUT2D eigenvalue weighted by Crippen LogP contribution is 2.16. The number of carbonyl (C=O) groups is 1. The van der Waals surface area contributed by atoms with Crippen molar-refractivity contribution in [2.24, 2.45) is 5.73 Å². The predicted molar refractivity (Wildman–Crippen MR) is 58.2 cm³/mol.